The number of carbonyl (C=O) groups is 1. The molecule has 1 aliphatic rings. The van der Waals surface area contributed by atoms with Gasteiger partial charge in [-0.1, -0.05) is 48.5 Å². The molecule has 33 heavy (non-hydrogen) atoms. The zero-order valence-electron chi connectivity index (χ0n) is 17.4. The minimum absolute atomic E-state index is 0.0350. The van der Waals surface area contributed by atoms with Crippen LogP contribution in [0.2, 0.25) is 0 Å². The van der Waals surface area contributed by atoms with E-state index in [9.17, 15) is 4.79 Å². The maximum Gasteiger partial charge on any atom is 0.262 e. The van der Waals surface area contributed by atoms with E-state index in [0.29, 0.717) is 18.0 Å². The third kappa shape index (κ3) is 4.91. The summed E-state index contributed by atoms with van der Waals surface area (Å²) >= 11 is 3.83. The Balaban J connectivity index is 1.58. The number of rotatable bonds is 5. The van der Waals surface area contributed by atoms with Gasteiger partial charge in [-0.3, -0.25) is 9.79 Å². The van der Waals surface area contributed by atoms with Crippen LogP contribution in [0.4, 0.5) is 5.69 Å². The van der Waals surface area contributed by atoms with Gasteiger partial charge in [0, 0.05) is 20.1 Å². The highest BCUT2D eigenvalue weighted by Crippen LogP contribution is 2.33. The number of amides is 1. The lowest BCUT2D eigenvalue weighted by Crippen LogP contribution is -2.25. The Hall–Kier alpha value is -3.24. The first-order valence-corrected chi connectivity index (χ1v) is 12.2. The van der Waals surface area contributed by atoms with Crippen LogP contribution in [0.15, 0.2) is 88.3 Å². The molecule has 0 saturated carbocycles. The van der Waals surface area contributed by atoms with E-state index < -0.39 is 0 Å². The number of benzene rings is 3. The third-order valence-corrected chi connectivity index (χ3v) is 6.89. The number of ether oxygens (including phenoxy) is 1. The molecule has 0 saturated heterocycles. The normalized spacial score (nSPS) is 13.6. The van der Waals surface area contributed by atoms with E-state index in [1.54, 1.807) is 0 Å². The molecule has 3 aromatic carbocycles. The smallest absolute Gasteiger partial charge is 0.262 e. The van der Waals surface area contributed by atoms with Gasteiger partial charge in [-0.15, -0.1) is 11.3 Å². The summed E-state index contributed by atoms with van der Waals surface area (Å²) in [5.74, 6) is 0.504. The molecule has 1 amide bonds. The molecule has 6 nitrogen and oxygen atoms in total. The lowest BCUT2D eigenvalue weighted by atomic mass is 10.1. The molecule has 4 aromatic rings. The molecule has 1 aliphatic heterocycles. The number of carbonyl (C=O) groups excluding carboxylic acids is 1. The number of thiazole rings is 1. The van der Waals surface area contributed by atoms with E-state index >= 15 is 0 Å². The summed E-state index contributed by atoms with van der Waals surface area (Å²) in [5.41, 5.74) is 4.62. The highest BCUT2D eigenvalue weighted by atomic mass is 127. The largest absolute Gasteiger partial charge is 0.482 e. The number of hydrogen-bond acceptors (Lipinski definition) is 5. The van der Waals surface area contributed by atoms with Gasteiger partial charge in [-0.05, 0) is 52.4 Å². The van der Waals surface area contributed by atoms with Crippen molar-refractivity contribution in [2.45, 2.75) is 6.54 Å². The van der Waals surface area contributed by atoms with Crippen molar-refractivity contribution in [2.24, 2.45) is 10.1 Å². The minimum atomic E-state index is -0.159. The predicted molar refractivity (Wildman–Crippen MR) is 140 cm³/mol. The fourth-order valence-electron chi connectivity index (χ4n) is 3.40. The number of fused-ring (bicyclic) bond motifs is 1. The number of anilines is 1. The van der Waals surface area contributed by atoms with Crippen LogP contribution >= 0.6 is 33.9 Å². The fraction of sp³-hybridized carbons (Fsp3) is 0.0800. The Labute approximate surface area is 208 Å². The molecule has 0 fully saturated rings. The first kappa shape index (κ1) is 21.6. The molecule has 164 valence electrons. The van der Waals surface area contributed by atoms with E-state index in [2.05, 4.69) is 40.0 Å². The van der Waals surface area contributed by atoms with Crippen molar-refractivity contribution in [2.75, 3.05) is 11.9 Å². The quantitative estimate of drug-likeness (QED) is 0.269. The average Bonchev–Trinajstić information content (AvgIpc) is 3.25. The highest BCUT2D eigenvalue weighted by Gasteiger charge is 2.17. The van der Waals surface area contributed by atoms with E-state index in [4.69, 9.17) is 14.8 Å². The standard InChI is InChI=1S/C25H19IN4O2S/c26-20-9-5-4-8-19(20)14-28-30-22(16-33-25(30)27-13-17-6-2-1-3-7-17)18-10-11-23-21(12-18)29-24(31)15-32-23/h1-12,14,16H,13,15H2,(H,29,31). The first-order valence-electron chi connectivity index (χ1n) is 10.3. The second-order valence-electron chi connectivity index (χ2n) is 7.33. The summed E-state index contributed by atoms with van der Waals surface area (Å²) in [7, 11) is 0. The highest BCUT2D eigenvalue weighted by molar-refractivity contribution is 14.1. The molecule has 1 aromatic heterocycles. The molecule has 1 N–H and O–H groups in total. The van der Waals surface area contributed by atoms with E-state index in [1.807, 2.05) is 76.9 Å². The minimum Gasteiger partial charge on any atom is -0.482 e. The Morgan fingerprint density at radius 3 is 2.76 bits per heavy atom. The van der Waals surface area contributed by atoms with Crippen LogP contribution in [0.1, 0.15) is 11.1 Å². The summed E-state index contributed by atoms with van der Waals surface area (Å²) in [4.78, 5) is 17.4. The van der Waals surface area contributed by atoms with Gasteiger partial charge in [0.05, 0.1) is 24.1 Å². The summed E-state index contributed by atoms with van der Waals surface area (Å²) in [6.45, 7) is 0.598. The van der Waals surface area contributed by atoms with Crippen LogP contribution in [0.3, 0.4) is 0 Å². The van der Waals surface area contributed by atoms with Crippen molar-refractivity contribution in [3.63, 3.8) is 0 Å². The molecular formula is C25H19IN4O2S. The molecule has 5 rings (SSSR count). The Morgan fingerprint density at radius 1 is 1.09 bits per heavy atom. The monoisotopic (exact) mass is 566 g/mol. The number of nitrogens with zero attached hydrogens (tertiary/aromatic N) is 3. The van der Waals surface area contributed by atoms with Crippen LogP contribution in [0.5, 0.6) is 5.75 Å². The second kappa shape index (κ2) is 9.72. The first-order chi connectivity index (χ1) is 16.2. The molecule has 0 atom stereocenters. The summed E-state index contributed by atoms with van der Waals surface area (Å²) in [6, 6.07) is 24.0. The molecular weight excluding hydrogens is 547 g/mol. The number of hydrogen-bond donors (Lipinski definition) is 1. The van der Waals surface area contributed by atoms with Gasteiger partial charge in [-0.2, -0.15) is 5.10 Å². The lowest BCUT2D eigenvalue weighted by Gasteiger charge is -2.18. The van der Waals surface area contributed by atoms with Crippen molar-refractivity contribution >= 4 is 51.7 Å². The van der Waals surface area contributed by atoms with E-state index in [1.165, 1.54) is 11.3 Å². The maximum atomic E-state index is 11.8. The average molecular weight is 566 g/mol. The molecule has 8 heteroatoms. The topological polar surface area (TPSA) is 68.0 Å². The van der Waals surface area contributed by atoms with Crippen molar-refractivity contribution in [1.82, 2.24) is 4.68 Å². The summed E-state index contributed by atoms with van der Waals surface area (Å²) < 4.78 is 8.47. The van der Waals surface area contributed by atoms with Gasteiger partial charge in [0.2, 0.25) is 4.80 Å². The molecule has 0 radical (unpaired) electrons. The van der Waals surface area contributed by atoms with Gasteiger partial charge in [0.15, 0.2) is 6.61 Å². The molecule has 0 unspecified atom stereocenters. The van der Waals surface area contributed by atoms with Crippen molar-refractivity contribution in [3.8, 4) is 17.0 Å². The number of aromatic nitrogens is 1. The summed E-state index contributed by atoms with van der Waals surface area (Å²) in [6.07, 6.45) is 1.85. The van der Waals surface area contributed by atoms with Gasteiger partial charge < -0.3 is 10.1 Å². The number of halogens is 1. The van der Waals surface area contributed by atoms with Crippen molar-refractivity contribution in [3.05, 3.63) is 97.7 Å². The second-order valence-corrected chi connectivity index (χ2v) is 9.33. The van der Waals surface area contributed by atoms with Crippen LogP contribution < -0.4 is 14.9 Å². The van der Waals surface area contributed by atoms with E-state index in [0.717, 1.165) is 30.8 Å². The Kier molecular flexibility index (Phi) is 6.36. The van der Waals surface area contributed by atoms with Crippen LogP contribution in [0, 0.1) is 3.57 Å². The maximum absolute atomic E-state index is 11.8. The Bertz CT molecular complexity index is 1410. The molecule has 2 heterocycles. The zero-order valence-corrected chi connectivity index (χ0v) is 20.4. The third-order valence-electron chi connectivity index (χ3n) is 5.05. The lowest BCUT2D eigenvalue weighted by molar-refractivity contribution is -0.118. The van der Waals surface area contributed by atoms with Gasteiger partial charge >= 0.3 is 0 Å². The zero-order chi connectivity index (χ0) is 22.6. The summed E-state index contributed by atoms with van der Waals surface area (Å²) in [5, 5.41) is 9.71. The van der Waals surface area contributed by atoms with E-state index in [-0.39, 0.29) is 12.5 Å². The van der Waals surface area contributed by atoms with Crippen LogP contribution in [0.25, 0.3) is 11.3 Å². The number of nitrogens with one attached hydrogen (secondary N) is 1. The van der Waals surface area contributed by atoms with Crippen molar-refractivity contribution in [1.29, 1.82) is 0 Å². The molecule has 0 spiro atoms. The Morgan fingerprint density at radius 2 is 1.91 bits per heavy atom. The van der Waals surface area contributed by atoms with Crippen LogP contribution in [-0.2, 0) is 11.3 Å². The molecule has 0 aliphatic carbocycles. The fourth-order valence-corrected chi connectivity index (χ4v) is 4.77. The predicted octanol–water partition coefficient (Wildman–Crippen LogP) is 5.14. The van der Waals surface area contributed by atoms with Gasteiger partial charge in [-0.25, -0.2) is 4.68 Å². The van der Waals surface area contributed by atoms with Crippen LogP contribution in [-0.4, -0.2) is 23.4 Å². The van der Waals surface area contributed by atoms with Gasteiger partial charge in [0.1, 0.15) is 5.75 Å². The molecule has 0 bridgehead atoms. The van der Waals surface area contributed by atoms with Gasteiger partial charge in [0.25, 0.3) is 5.91 Å². The van der Waals surface area contributed by atoms with Crippen molar-refractivity contribution < 1.29 is 9.53 Å². The SMILES string of the molecule is O=C1COc2ccc(-c3csc(=NCc4ccccc4)n3N=Cc3ccccc3I)cc2N1.